The SMILES string of the molecule is Cc1nc2nc(N3CCO[C@H](c4cnn(C)c4)C3)nc(-c3ccc(Cl)cc3F)c2nc1C. The Kier molecular flexibility index (Phi) is 5.22. The van der Waals surface area contributed by atoms with Crippen LogP contribution in [0.15, 0.2) is 30.6 Å². The molecule has 5 rings (SSSR count). The summed E-state index contributed by atoms with van der Waals surface area (Å²) in [7, 11) is 1.87. The molecule has 4 heterocycles. The molecule has 0 radical (unpaired) electrons. The Morgan fingerprint density at radius 3 is 2.69 bits per heavy atom. The zero-order valence-electron chi connectivity index (χ0n) is 17.9. The molecule has 0 aliphatic carbocycles. The van der Waals surface area contributed by atoms with E-state index in [2.05, 4.69) is 20.1 Å². The van der Waals surface area contributed by atoms with Crippen LogP contribution < -0.4 is 4.90 Å². The molecule has 1 fully saturated rings. The fourth-order valence-corrected chi connectivity index (χ4v) is 3.91. The summed E-state index contributed by atoms with van der Waals surface area (Å²) in [5, 5.41) is 4.55. The molecular formula is C22H21ClFN7O. The second kappa shape index (κ2) is 8.07. The number of nitrogens with zero attached hydrogens (tertiary/aromatic N) is 7. The molecule has 32 heavy (non-hydrogen) atoms. The number of aryl methyl sites for hydroxylation is 3. The first-order chi connectivity index (χ1) is 15.4. The second-order valence-corrected chi connectivity index (χ2v) is 8.25. The standard InChI is InChI=1S/C22H21ClFN7O/c1-12-13(2)27-21-20(26-12)19(16-5-4-15(23)8-17(16)24)28-22(29-21)31-6-7-32-18(11-31)14-9-25-30(3)10-14/h4-5,8-10,18H,6-7,11H2,1-3H3/t18-/m0/s1. The van der Waals surface area contributed by atoms with Crippen LogP contribution in [-0.2, 0) is 11.8 Å². The summed E-state index contributed by atoms with van der Waals surface area (Å²) in [4.78, 5) is 20.7. The van der Waals surface area contributed by atoms with Crippen molar-refractivity contribution in [2.45, 2.75) is 20.0 Å². The maximum absolute atomic E-state index is 14.9. The number of benzene rings is 1. The average Bonchev–Trinajstić information content (AvgIpc) is 3.21. The van der Waals surface area contributed by atoms with Crippen molar-refractivity contribution >= 4 is 28.7 Å². The third kappa shape index (κ3) is 3.78. The summed E-state index contributed by atoms with van der Waals surface area (Å²) >= 11 is 5.97. The van der Waals surface area contributed by atoms with Crippen molar-refractivity contribution in [2.75, 3.05) is 24.6 Å². The van der Waals surface area contributed by atoms with E-state index in [0.717, 1.165) is 17.0 Å². The van der Waals surface area contributed by atoms with Crippen LogP contribution in [0.3, 0.4) is 0 Å². The molecule has 1 aromatic carbocycles. The molecule has 1 aliphatic heterocycles. The van der Waals surface area contributed by atoms with E-state index in [-0.39, 0.29) is 6.10 Å². The minimum Gasteiger partial charge on any atom is -0.370 e. The first-order valence-electron chi connectivity index (χ1n) is 10.2. The van der Waals surface area contributed by atoms with Gasteiger partial charge < -0.3 is 9.64 Å². The normalized spacial score (nSPS) is 16.7. The highest BCUT2D eigenvalue weighted by Crippen LogP contribution is 2.32. The summed E-state index contributed by atoms with van der Waals surface area (Å²) in [5.41, 5.74) is 4.06. The van der Waals surface area contributed by atoms with Gasteiger partial charge in [-0.15, -0.1) is 0 Å². The van der Waals surface area contributed by atoms with E-state index in [1.165, 1.54) is 6.07 Å². The van der Waals surface area contributed by atoms with Gasteiger partial charge in [-0.25, -0.2) is 19.3 Å². The van der Waals surface area contributed by atoms with Crippen molar-refractivity contribution in [3.63, 3.8) is 0 Å². The van der Waals surface area contributed by atoms with E-state index in [9.17, 15) is 4.39 Å². The zero-order chi connectivity index (χ0) is 22.4. The molecule has 0 amide bonds. The monoisotopic (exact) mass is 453 g/mol. The second-order valence-electron chi connectivity index (χ2n) is 7.82. The van der Waals surface area contributed by atoms with E-state index in [1.54, 1.807) is 23.0 Å². The van der Waals surface area contributed by atoms with E-state index < -0.39 is 5.82 Å². The van der Waals surface area contributed by atoms with Crippen LogP contribution in [0, 0.1) is 19.7 Å². The minimum absolute atomic E-state index is 0.168. The van der Waals surface area contributed by atoms with Crippen molar-refractivity contribution in [1.82, 2.24) is 29.7 Å². The molecule has 4 aromatic rings. The predicted molar refractivity (Wildman–Crippen MR) is 119 cm³/mol. The third-order valence-corrected chi connectivity index (χ3v) is 5.80. The number of hydrogen-bond donors (Lipinski definition) is 0. The van der Waals surface area contributed by atoms with Crippen LogP contribution in [0.2, 0.25) is 5.02 Å². The highest BCUT2D eigenvalue weighted by molar-refractivity contribution is 6.30. The van der Waals surface area contributed by atoms with Crippen LogP contribution in [0.1, 0.15) is 23.1 Å². The lowest BCUT2D eigenvalue weighted by atomic mass is 10.1. The Morgan fingerprint density at radius 1 is 1.12 bits per heavy atom. The number of halogens is 2. The van der Waals surface area contributed by atoms with Crippen LogP contribution in [0.25, 0.3) is 22.4 Å². The van der Waals surface area contributed by atoms with Crippen LogP contribution in [-0.4, -0.2) is 49.4 Å². The summed E-state index contributed by atoms with van der Waals surface area (Å²) in [5.74, 6) is -0.0183. The molecule has 164 valence electrons. The van der Waals surface area contributed by atoms with Gasteiger partial charge in [0.05, 0.1) is 30.7 Å². The van der Waals surface area contributed by atoms with Gasteiger partial charge in [-0.2, -0.15) is 10.1 Å². The largest absolute Gasteiger partial charge is 0.370 e. The molecular weight excluding hydrogens is 433 g/mol. The van der Waals surface area contributed by atoms with E-state index in [0.29, 0.717) is 53.1 Å². The van der Waals surface area contributed by atoms with Crippen molar-refractivity contribution in [2.24, 2.45) is 7.05 Å². The smallest absolute Gasteiger partial charge is 0.228 e. The maximum atomic E-state index is 14.9. The van der Waals surface area contributed by atoms with Gasteiger partial charge in [-0.05, 0) is 32.0 Å². The van der Waals surface area contributed by atoms with E-state index >= 15 is 0 Å². The average molecular weight is 454 g/mol. The first kappa shape index (κ1) is 20.7. The minimum atomic E-state index is -0.473. The number of rotatable bonds is 3. The molecule has 3 aromatic heterocycles. The summed E-state index contributed by atoms with van der Waals surface area (Å²) in [6, 6.07) is 4.51. The van der Waals surface area contributed by atoms with Crippen LogP contribution in [0.4, 0.5) is 10.3 Å². The predicted octanol–water partition coefficient (Wildman–Crippen LogP) is 3.81. The quantitative estimate of drug-likeness (QED) is 0.466. The van der Waals surface area contributed by atoms with Gasteiger partial charge >= 0.3 is 0 Å². The molecule has 1 aliphatic rings. The highest BCUT2D eigenvalue weighted by atomic mass is 35.5. The molecule has 1 atom stereocenters. The van der Waals surface area contributed by atoms with Crippen molar-refractivity contribution in [3.8, 4) is 11.3 Å². The Morgan fingerprint density at radius 2 is 1.94 bits per heavy atom. The first-order valence-corrected chi connectivity index (χ1v) is 10.6. The summed E-state index contributed by atoms with van der Waals surface area (Å²) < 4.78 is 22.6. The number of morpholine rings is 1. The van der Waals surface area contributed by atoms with Gasteiger partial charge in [0.25, 0.3) is 0 Å². The lowest BCUT2D eigenvalue weighted by Gasteiger charge is -2.32. The molecule has 8 nitrogen and oxygen atoms in total. The summed E-state index contributed by atoms with van der Waals surface area (Å²) in [6.45, 7) is 5.38. The Labute approximate surface area is 189 Å². The number of hydrogen-bond acceptors (Lipinski definition) is 7. The van der Waals surface area contributed by atoms with Crippen LogP contribution >= 0.6 is 11.6 Å². The van der Waals surface area contributed by atoms with E-state index in [1.807, 2.05) is 32.0 Å². The van der Waals surface area contributed by atoms with Crippen molar-refractivity contribution < 1.29 is 9.13 Å². The topological polar surface area (TPSA) is 81.9 Å². The lowest BCUT2D eigenvalue weighted by molar-refractivity contribution is 0.0392. The van der Waals surface area contributed by atoms with Gasteiger partial charge in [-0.3, -0.25) is 4.68 Å². The lowest BCUT2D eigenvalue weighted by Crippen LogP contribution is -2.39. The molecule has 0 unspecified atom stereocenters. The maximum Gasteiger partial charge on any atom is 0.228 e. The van der Waals surface area contributed by atoms with Gasteiger partial charge in [0.2, 0.25) is 5.95 Å². The molecule has 0 saturated carbocycles. The molecule has 0 bridgehead atoms. The van der Waals surface area contributed by atoms with Gasteiger partial charge in [0.1, 0.15) is 23.1 Å². The van der Waals surface area contributed by atoms with Gasteiger partial charge in [0, 0.05) is 35.9 Å². The summed E-state index contributed by atoms with van der Waals surface area (Å²) in [6.07, 6.45) is 3.56. The molecule has 0 spiro atoms. The van der Waals surface area contributed by atoms with Crippen molar-refractivity contribution in [3.05, 3.63) is 58.4 Å². The van der Waals surface area contributed by atoms with Gasteiger partial charge in [-0.1, -0.05) is 11.6 Å². The molecule has 0 N–H and O–H groups in total. The number of fused-ring (bicyclic) bond motifs is 1. The van der Waals surface area contributed by atoms with Crippen LogP contribution in [0.5, 0.6) is 0 Å². The Bertz CT molecular complexity index is 1330. The third-order valence-electron chi connectivity index (χ3n) is 5.56. The zero-order valence-corrected chi connectivity index (χ0v) is 18.6. The number of anilines is 1. The van der Waals surface area contributed by atoms with Crippen molar-refractivity contribution in [1.29, 1.82) is 0 Å². The fourth-order valence-electron chi connectivity index (χ4n) is 3.75. The molecule has 10 heteroatoms. The highest BCUT2D eigenvalue weighted by Gasteiger charge is 2.27. The van der Waals surface area contributed by atoms with E-state index in [4.69, 9.17) is 21.3 Å². The fraction of sp³-hybridized carbons (Fsp3) is 0.318. The Balaban J connectivity index is 1.62. The number of aromatic nitrogens is 6. The number of ether oxygens (including phenoxy) is 1. The van der Waals surface area contributed by atoms with Gasteiger partial charge in [0.15, 0.2) is 5.65 Å². The Hall–Kier alpha value is -3.17. The molecule has 1 saturated heterocycles.